The molecule has 130 valence electrons. The Morgan fingerprint density at radius 3 is 2.58 bits per heavy atom. The molecular weight excluding hydrogens is 354 g/mol. The van der Waals surface area contributed by atoms with Crippen LogP contribution in [0.4, 0.5) is 11.4 Å². The van der Waals surface area contributed by atoms with Gasteiger partial charge in [-0.3, -0.25) is 9.52 Å². The predicted octanol–water partition coefficient (Wildman–Crippen LogP) is 1.70. The molecule has 0 unspecified atom stereocenters. The molecule has 0 aromatic heterocycles. The molecule has 9 heteroatoms. The average Bonchev–Trinajstić information content (AvgIpc) is 2.80. The van der Waals surface area contributed by atoms with E-state index in [0.717, 1.165) is 24.8 Å². The highest BCUT2D eigenvalue weighted by Gasteiger charge is 2.51. The number of hydrogen-bond acceptors (Lipinski definition) is 4. The van der Waals surface area contributed by atoms with Gasteiger partial charge in [-0.15, -0.1) is 0 Å². The lowest BCUT2D eigenvalue weighted by atomic mass is 9.65. The fraction of sp³-hybridized carbons (Fsp3) is 0.533. The second kappa shape index (κ2) is 5.59. The third-order valence-corrected chi connectivity index (χ3v) is 6.88. The summed E-state index contributed by atoms with van der Waals surface area (Å²) in [6, 6.07) is 3.27. The van der Waals surface area contributed by atoms with Crippen molar-refractivity contribution in [3.8, 4) is 0 Å². The summed E-state index contributed by atoms with van der Waals surface area (Å²) in [7, 11) is -3.67. The minimum Gasteiger partial charge on any atom is -0.379 e. The van der Waals surface area contributed by atoms with Gasteiger partial charge < -0.3 is 10.1 Å². The number of fused-ring (bicyclic) bond motifs is 2. The summed E-state index contributed by atoms with van der Waals surface area (Å²) in [4.78, 5) is 12.3. The van der Waals surface area contributed by atoms with Gasteiger partial charge in [-0.25, -0.2) is 0 Å². The fourth-order valence-electron chi connectivity index (χ4n) is 3.55. The minimum absolute atomic E-state index is 0.0427. The van der Waals surface area contributed by atoms with Crippen LogP contribution < -0.4 is 10.0 Å². The minimum atomic E-state index is -3.67. The van der Waals surface area contributed by atoms with Gasteiger partial charge in [-0.1, -0.05) is 18.0 Å². The largest absolute Gasteiger partial charge is 0.379 e. The van der Waals surface area contributed by atoms with Crippen LogP contribution in [0.2, 0.25) is 5.02 Å². The Morgan fingerprint density at radius 1 is 1.25 bits per heavy atom. The van der Waals surface area contributed by atoms with E-state index in [4.69, 9.17) is 16.3 Å². The lowest BCUT2D eigenvalue weighted by Gasteiger charge is -2.36. The van der Waals surface area contributed by atoms with E-state index in [9.17, 15) is 13.2 Å². The van der Waals surface area contributed by atoms with Crippen LogP contribution in [0.5, 0.6) is 0 Å². The van der Waals surface area contributed by atoms with Gasteiger partial charge in [0.1, 0.15) is 0 Å². The molecule has 1 aromatic rings. The Kier molecular flexibility index (Phi) is 3.76. The van der Waals surface area contributed by atoms with Crippen LogP contribution in [0.25, 0.3) is 0 Å². The van der Waals surface area contributed by atoms with Crippen LogP contribution in [-0.2, 0) is 25.2 Å². The van der Waals surface area contributed by atoms with Gasteiger partial charge in [-0.05, 0) is 30.5 Å². The van der Waals surface area contributed by atoms with Crippen molar-refractivity contribution >= 4 is 39.1 Å². The zero-order chi connectivity index (χ0) is 16.9. The van der Waals surface area contributed by atoms with Gasteiger partial charge in [0, 0.05) is 13.1 Å². The number of benzene rings is 1. The van der Waals surface area contributed by atoms with Crippen LogP contribution in [0.1, 0.15) is 24.8 Å². The Hall–Kier alpha value is -1.35. The first-order valence-electron chi connectivity index (χ1n) is 7.93. The van der Waals surface area contributed by atoms with Gasteiger partial charge in [0.05, 0.1) is 35.0 Å². The van der Waals surface area contributed by atoms with Crippen molar-refractivity contribution in [2.75, 3.05) is 36.3 Å². The third kappa shape index (κ3) is 2.40. The molecule has 1 amide bonds. The molecule has 1 saturated heterocycles. The molecule has 7 nitrogen and oxygen atoms in total. The molecule has 2 aliphatic heterocycles. The summed E-state index contributed by atoms with van der Waals surface area (Å²) in [5, 5.41) is 3.19. The second-order valence-corrected chi connectivity index (χ2v) is 8.47. The molecule has 1 aromatic carbocycles. The number of amides is 1. The smallest absolute Gasteiger partial charge is 0.301 e. The molecule has 2 heterocycles. The summed E-state index contributed by atoms with van der Waals surface area (Å²) < 4.78 is 34.1. The maximum atomic E-state index is 12.5. The van der Waals surface area contributed by atoms with Gasteiger partial charge in [0.15, 0.2) is 0 Å². The number of rotatable bonds is 3. The van der Waals surface area contributed by atoms with Crippen LogP contribution in [-0.4, -0.2) is 44.9 Å². The van der Waals surface area contributed by atoms with E-state index < -0.39 is 15.6 Å². The number of nitrogens with one attached hydrogen (secondary N) is 2. The van der Waals surface area contributed by atoms with E-state index in [-0.39, 0.29) is 5.91 Å². The number of ether oxygens (including phenoxy) is 1. The molecule has 3 aliphatic rings. The SMILES string of the molecule is O=C1Nc2c(Cl)cc(NS(=O)(=O)N3CCOCC3)cc2C12CCC2. The summed E-state index contributed by atoms with van der Waals surface area (Å²) in [6.07, 6.45) is 2.51. The Morgan fingerprint density at radius 2 is 1.96 bits per heavy atom. The van der Waals surface area contributed by atoms with Crippen molar-refractivity contribution in [1.82, 2.24) is 4.31 Å². The number of morpholine rings is 1. The lowest BCUT2D eigenvalue weighted by molar-refractivity contribution is -0.123. The monoisotopic (exact) mass is 371 g/mol. The molecule has 0 radical (unpaired) electrons. The van der Waals surface area contributed by atoms with Crippen molar-refractivity contribution < 1.29 is 17.9 Å². The molecular formula is C15H18ClN3O4S. The van der Waals surface area contributed by atoms with Gasteiger partial charge in [0.25, 0.3) is 0 Å². The topological polar surface area (TPSA) is 87.7 Å². The molecule has 1 spiro atoms. The number of hydrogen-bond donors (Lipinski definition) is 2. The van der Waals surface area contributed by atoms with E-state index in [0.29, 0.717) is 42.7 Å². The normalized spacial score (nSPS) is 22.8. The first-order valence-corrected chi connectivity index (χ1v) is 9.75. The predicted molar refractivity (Wildman–Crippen MR) is 90.5 cm³/mol. The van der Waals surface area contributed by atoms with Crippen molar-refractivity contribution in [2.24, 2.45) is 0 Å². The number of carbonyl (C=O) groups is 1. The highest BCUT2D eigenvalue weighted by atomic mass is 35.5. The van der Waals surface area contributed by atoms with E-state index in [1.54, 1.807) is 6.07 Å². The quantitative estimate of drug-likeness (QED) is 0.846. The van der Waals surface area contributed by atoms with Crippen molar-refractivity contribution in [3.05, 3.63) is 22.7 Å². The first kappa shape index (κ1) is 16.1. The standard InChI is InChI=1S/C15H18ClN3O4S/c16-12-9-10(18-24(21,22)19-4-6-23-7-5-19)8-11-13(12)17-14(20)15(11)2-1-3-15/h8-9,18H,1-7H2,(H,17,20). The van der Waals surface area contributed by atoms with E-state index in [1.165, 1.54) is 10.4 Å². The highest BCUT2D eigenvalue weighted by Crippen LogP contribution is 2.53. The average molecular weight is 372 g/mol. The molecule has 1 aliphatic carbocycles. The second-order valence-electron chi connectivity index (χ2n) is 6.39. The summed E-state index contributed by atoms with van der Waals surface area (Å²) >= 11 is 6.28. The number of halogens is 1. The zero-order valence-electron chi connectivity index (χ0n) is 13.0. The molecule has 1 saturated carbocycles. The van der Waals surface area contributed by atoms with Crippen LogP contribution >= 0.6 is 11.6 Å². The van der Waals surface area contributed by atoms with Gasteiger partial charge >= 0.3 is 10.2 Å². The fourth-order valence-corrected chi connectivity index (χ4v) is 4.99. The summed E-state index contributed by atoms with van der Waals surface area (Å²) in [5.41, 5.74) is 1.24. The zero-order valence-corrected chi connectivity index (χ0v) is 14.5. The molecule has 2 fully saturated rings. The van der Waals surface area contributed by atoms with Gasteiger partial charge in [0.2, 0.25) is 5.91 Å². The molecule has 0 bridgehead atoms. The maximum absolute atomic E-state index is 12.5. The number of nitrogens with zero attached hydrogens (tertiary/aromatic N) is 1. The highest BCUT2D eigenvalue weighted by molar-refractivity contribution is 7.90. The van der Waals surface area contributed by atoms with Crippen molar-refractivity contribution in [3.63, 3.8) is 0 Å². The molecule has 0 atom stereocenters. The lowest BCUT2D eigenvalue weighted by Crippen LogP contribution is -2.43. The van der Waals surface area contributed by atoms with Crippen LogP contribution in [0.15, 0.2) is 12.1 Å². The maximum Gasteiger partial charge on any atom is 0.301 e. The van der Waals surface area contributed by atoms with E-state index in [1.807, 2.05) is 0 Å². The van der Waals surface area contributed by atoms with Crippen LogP contribution in [0, 0.1) is 0 Å². The van der Waals surface area contributed by atoms with Gasteiger partial charge in [-0.2, -0.15) is 12.7 Å². The van der Waals surface area contributed by atoms with E-state index in [2.05, 4.69) is 10.0 Å². The Labute approximate surface area is 145 Å². The van der Waals surface area contributed by atoms with E-state index >= 15 is 0 Å². The number of anilines is 2. The van der Waals surface area contributed by atoms with Crippen molar-refractivity contribution in [1.29, 1.82) is 0 Å². The molecule has 4 rings (SSSR count). The number of carbonyl (C=O) groups excluding carboxylic acids is 1. The molecule has 24 heavy (non-hydrogen) atoms. The Balaban J connectivity index is 1.66. The summed E-state index contributed by atoms with van der Waals surface area (Å²) in [5.74, 6) is -0.0427. The Bertz CT molecular complexity index is 801. The summed E-state index contributed by atoms with van der Waals surface area (Å²) in [6.45, 7) is 1.40. The first-order chi connectivity index (χ1) is 11.4. The molecule has 2 N–H and O–H groups in total. The van der Waals surface area contributed by atoms with Crippen LogP contribution in [0.3, 0.4) is 0 Å². The third-order valence-electron chi connectivity index (χ3n) is 5.04. The van der Waals surface area contributed by atoms with Crippen molar-refractivity contribution in [2.45, 2.75) is 24.7 Å².